The molecule has 0 aromatic heterocycles. The van der Waals surface area contributed by atoms with Crippen molar-refractivity contribution in [3.8, 4) is 6.07 Å². The minimum absolute atomic E-state index is 0.0560. The predicted octanol–water partition coefficient (Wildman–Crippen LogP) is 0.705. The zero-order valence-corrected chi connectivity index (χ0v) is 10.9. The maximum atomic E-state index is 11.4. The molecule has 0 bridgehead atoms. The van der Waals surface area contributed by atoms with Crippen LogP contribution < -0.4 is 16.4 Å². The first-order chi connectivity index (χ1) is 9.17. The molecule has 0 fully saturated rings. The van der Waals surface area contributed by atoms with Gasteiger partial charge in [-0.05, 0) is 18.2 Å². The number of anilines is 2. The van der Waals surface area contributed by atoms with Crippen molar-refractivity contribution in [2.45, 2.75) is 6.42 Å². The van der Waals surface area contributed by atoms with Gasteiger partial charge < -0.3 is 21.1 Å². The average Bonchev–Trinajstić information content (AvgIpc) is 2.41. The second-order valence-electron chi connectivity index (χ2n) is 3.93. The van der Waals surface area contributed by atoms with Crippen molar-refractivity contribution in [1.29, 1.82) is 5.26 Å². The van der Waals surface area contributed by atoms with Crippen LogP contribution >= 0.6 is 0 Å². The summed E-state index contributed by atoms with van der Waals surface area (Å²) in [7, 11) is 1.58. The number of amides is 1. The minimum atomic E-state index is -0.0560. The predicted molar refractivity (Wildman–Crippen MR) is 73.6 cm³/mol. The highest BCUT2D eigenvalue weighted by Gasteiger charge is 2.03. The van der Waals surface area contributed by atoms with Crippen LogP contribution in [0.25, 0.3) is 0 Å². The van der Waals surface area contributed by atoms with E-state index in [2.05, 4.69) is 10.6 Å². The van der Waals surface area contributed by atoms with Gasteiger partial charge in [-0.25, -0.2) is 0 Å². The maximum absolute atomic E-state index is 11.4. The minimum Gasteiger partial charge on any atom is -0.397 e. The van der Waals surface area contributed by atoms with E-state index >= 15 is 0 Å². The Labute approximate surface area is 112 Å². The van der Waals surface area contributed by atoms with Crippen molar-refractivity contribution < 1.29 is 9.53 Å². The molecule has 0 saturated carbocycles. The summed E-state index contributed by atoms with van der Waals surface area (Å²) in [6.45, 7) is 1.45. The fourth-order valence-electron chi connectivity index (χ4n) is 1.47. The van der Waals surface area contributed by atoms with E-state index in [9.17, 15) is 4.79 Å². The van der Waals surface area contributed by atoms with Gasteiger partial charge in [0.1, 0.15) is 0 Å². The highest BCUT2D eigenvalue weighted by Crippen LogP contribution is 2.19. The molecule has 1 aromatic rings. The Morgan fingerprint density at radius 3 is 2.95 bits per heavy atom. The zero-order chi connectivity index (χ0) is 14.1. The number of hydrogen-bond donors (Lipinski definition) is 3. The fourth-order valence-corrected chi connectivity index (χ4v) is 1.47. The van der Waals surface area contributed by atoms with Crippen LogP contribution in [-0.2, 0) is 9.53 Å². The van der Waals surface area contributed by atoms with Crippen molar-refractivity contribution >= 4 is 17.3 Å². The van der Waals surface area contributed by atoms with Crippen LogP contribution in [0.4, 0.5) is 11.4 Å². The monoisotopic (exact) mass is 262 g/mol. The van der Waals surface area contributed by atoms with Crippen molar-refractivity contribution in [1.82, 2.24) is 5.32 Å². The van der Waals surface area contributed by atoms with Gasteiger partial charge in [0.05, 0.1) is 29.6 Å². The van der Waals surface area contributed by atoms with E-state index in [-0.39, 0.29) is 5.91 Å². The first-order valence-electron chi connectivity index (χ1n) is 5.96. The van der Waals surface area contributed by atoms with Crippen LogP contribution in [0.5, 0.6) is 0 Å². The standard InChI is InChI=1S/C13H18N4O2/c1-19-7-6-17-13(18)4-5-16-12-8-10(9-14)2-3-11(12)15/h2-3,8,16H,4-7,15H2,1H3,(H,17,18). The summed E-state index contributed by atoms with van der Waals surface area (Å²) in [5.74, 6) is -0.0560. The smallest absolute Gasteiger partial charge is 0.221 e. The molecule has 19 heavy (non-hydrogen) atoms. The normalized spacial score (nSPS) is 9.68. The number of ether oxygens (including phenoxy) is 1. The second kappa shape index (κ2) is 7.95. The van der Waals surface area contributed by atoms with Crippen LogP contribution in [0.3, 0.4) is 0 Å². The molecule has 0 saturated heterocycles. The lowest BCUT2D eigenvalue weighted by Gasteiger charge is -2.09. The van der Waals surface area contributed by atoms with Gasteiger partial charge in [-0.3, -0.25) is 4.79 Å². The highest BCUT2D eigenvalue weighted by atomic mass is 16.5. The van der Waals surface area contributed by atoms with Gasteiger partial charge in [0.2, 0.25) is 5.91 Å². The number of hydrogen-bond acceptors (Lipinski definition) is 5. The molecule has 6 heteroatoms. The van der Waals surface area contributed by atoms with E-state index in [0.717, 1.165) is 0 Å². The maximum Gasteiger partial charge on any atom is 0.221 e. The molecule has 6 nitrogen and oxygen atoms in total. The Morgan fingerprint density at radius 1 is 1.47 bits per heavy atom. The lowest BCUT2D eigenvalue weighted by Crippen LogP contribution is -2.28. The lowest BCUT2D eigenvalue weighted by molar-refractivity contribution is -0.121. The third kappa shape index (κ3) is 5.27. The molecule has 0 spiro atoms. The SMILES string of the molecule is COCCNC(=O)CCNc1cc(C#N)ccc1N. The molecule has 0 unspecified atom stereocenters. The summed E-state index contributed by atoms with van der Waals surface area (Å²) in [5.41, 5.74) is 7.52. The molecule has 0 radical (unpaired) electrons. The number of benzene rings is 1. The number of methoxy groups -OCH3 is 1. The Morgan fingerprint density at radius 2 is 2.26 bits per heavy atom. The van der Waals surface area contributed by atoms with Gasteiger partial charge >= 0.3 is 0 Å². The molecule has 0 aliphatic carbocycles. The van der Waals surface area contributed by atoms with Gasteiger partial charge in [-0.1, -0.05) is 0 Å². The zero-order valence-electron chi connectivity index (χ0n) is 10.9. The number of carbonyl (C=O) groups is 1. The molecule has 0 aliphatic rings. The summed E-state index contributed by atoms with van der Waals surface area (Å²) in [6, 6.07) is 7.02. The molecule has 1 aromatic carbocycles. The van der Waals surface area contributed by atoms with Crippen molar-refractivity contribution in [2.75, 3.05) is 37.9 Å². The number of nitrogen functional groups attached to an aromatic ring is 1. The van der Waals surface area contributed by atoms with Crippen molar-refractivity contribution in [2.24, 2.45) is 0 Å². The Hall–Kier alpha value is -2.26. The molecule has 0 aliphatic heterocycles. The van der Waals surface area contributed by atoms with Crippen molar-refractivity contribution in [3.63, 3.8) is 0 Å². The molecule has 4 N–H and O–H groups in total. The van der Waals surface area contributed by atoms with E-state index in [1.54, 1.807) is 25.3 Å². The van der Waals surface area contributed by atoms with Gasteiger partial charge in [-0.15, -0.1) is 0 Å². The molecule has 0 atom stereocenters. The third-order valence-corrected chi connectivity index (χ3v) is 2.48. The van der Waals surface area contributed by atoms with E-state index in [4.69, 9.17) is 15.7 Å². The highest BCUT2D eigenvalue weighted by molar-refractivity contribution is 5.77. The van der Waals surface area contributed by atoms with Gasteiger partial charge in [-0.2, -0.15) is 5.26 Å². The van der Waals surface area contributed by atoms with Gasteiger partial charge in [0.15, 0.2) is 0 Å². The summed E-state index contributed by atoms with van der Waals surface area (Å²) in [4.78, 5) is 11.4. The first kappa shape index (κ1) is 14.8. The number of rotatable bonds is 7. The Bertz CT molecular complexity index is 468. The Balaban J connectivity index is 2.37. The summed E-state index contributed by atoms with van der Waals surface area (Å²) in [6.07, 6.45) is 0.333. The largest absolute Gasteiger partial charge is 0.397 e. The topological polar surface area (TPSA) is 100 Å². The molecule has 1 amide bonds. The summed E-state index contributed by atoms with van der Waals surface area (Å²) < 4.78 is 4.83. The van der Waals surface area contributed by atoms with E-state index < -0.39 is 0 Å². The number of nitrogens with one attached hydrogen (secondary N) is 2. The molecular formula is C13H18N4O2. The van der Waals surface area contributed by atoms with Crippen LogP contribution in [0.2, 0.25) is 0 Å². The Kier molecular flexibility index (Phi) is 6.19. The van der Waals surface area contributed by atoms with Gasteiger partial charge in [0, 0.05) is 26.6 Å². The number of nitrogens with zero attached hydrogens (tertiary/aromatic N) is 1. The lowest BCUT2D eigenvalue weighted by atomic mass is 10.2. The quantitative estimate of drug-likeness (QED) is 0.496. The van der Waals surface area contributed by atoms with Crippen LogP contribution in [0.1, 0.15) is 12.0 Å². The number of nitriles is 1. The average molecular weight is 262 g/mol. The second-order valence-corrected chi connectivity index (χ2v) is 3.93. The van der Waals surface area contributed by atoms with E-state index in [0.29, 0.717) is 43.1 Å². The molecular weight excluding hydrogens is 244 g/mol. The van der Waals surface area contributed by atoms with Crippen molar-refractivity contribution in [3.05, 3.63) is 23.8 Å². The fraction of sp³-hybridized carbons (Fsp3) is 0.385. The van der Waals surface area contributed by atoms with Crippen LogP contribution in [0, 0.1) is 11.3 Å². The van der Waals surface area contributed by atoms with Crippen LogP contribution in [0.15, 0.2) is 18.2 Å². The first-order valence-corrected chi connectivity index (χ1v) is 5.96. The van der Waals surface area contributed by atoms with E-state index in [1.807, 2.05) is 6.07 Å². The summed E-state index contributed by atoms with van der Waals surface area (Å²) >= 11 is 0. The molecule has 0 heterocycles. The van der Waals surface area contributed by atoms with Crippen LogP contribution in [-0.4, -0.2) is 32.7 Å². The molecule has 102 valence electrons. The number of nitrogens with two attached hydrogens (primary N) is 1. The molecule has 1 rings (SSSR count). The van der Waals surface area contributed by atoms with E-state index in [1.165, 1.54) is 0 Å². The van der Waals surface area contributed by atoms with Gasteiger partial charge in [0.25, 0.3) is 0 Å². The summed E-state index contributed by atoms with van der Waals surface area (Å²) in [5, 5.41) is 14.6. The third-order valence-electron chi connectivity index (χ3n) is 2.48. The number of carbonyl (C=O) groups excluding carboxylic acids is 1.